The van der Waals surface area contributed by atoms with Crippen LogP contribution in [0.2, 0.25) is 0 Å². The standard InChI is InChI=1S/C24H24N2O3/c1-2-13-24(27,16-20-14-22(28-25-20)18-9-5-3-6-10-18)17-21-15-23(29-26-21)19-11-7-4-8-12-19/h3-12,14-15,27H,2,13,16-17H2,1H3. The molecule has 0 saturated heterocycles. The van der Waals surface area contributed by atoms with Crippen LogP contribution >= 0.6 is 0 Å². The van der Waals surface area contributed by atoms with E-state index < -0.39 is 5.60 Å². The predicted molar refractivity (Wildman–Crippen MR) is 111 cm³/mol. The normalized spacial score (nSPS) is 11.7. The lowest BCUT2D eigenvalue weighted by Gasteiger charge is -2.25. The zero-order chi connectivity index (χ0) is 20.1. The Labute approximate surface area is 170 Å². The maximum atomic E-state index is 11.3. The lowest BCUT2D eigenvalue weighted by molar-refractivity contribution is 0.0280. The maximum absolute atomic E-state index is 11.3. The molecule has 0 spiro atoms. The Hall–Kier alpha value is -3.18. The highest BCUT2D eigenvalue weighted by Crippen LogP contribution is 2.28. The van der Waals surface area contributed by atoms with Gasteiger partial charge in [-0.05, 0) is 6.42 Å². The summed E-state index contributed by atoms with van der Waals surface area (Å²) in [6, 6.07) is 23.4. The first-order valence-electron chi connectivity index (χ1n) is 9.90. The van der Waals surface area contributed by atoms with Crippen molar-refractivity contribution in [3.05, 3.63) is 84.2 Å². The molecule has 0 amide bonds. The molecule has 29 heavy (non-hydrogen) atoms. The van der Waals surface area contributed by atoms with Crippen LogP contribution in [0.1, 0.15) is 31.2 Å². The van der Waals surface area contributed by atoms with Crippen LogP contribution in [0, 0.1) is 0 Å². The summed E-state index contributed by atoms with van der Waals surface area (Å²) < 4.78 is 11.0. The van der Waals surface area contributed by atoms with E-state index in [4.69, 9.17) is 9.05 Å². The van der Waals surface area contributed by atoms with Gasteiger partial charge in [-0.3, -0.25) is 0 Å². The first-order chi connectivity index (χ1) is 14.1. The molecular weight excluding hydrogens is 364 g/mol. The summed E-state index contributed by atoms with van der Waals surface area (Å²) in [6.45, 7) is 2.06. The van der Waals surface area contributed by atoms with E-state index in [1.165, 1.54) is 0 Å². The monoisotopic (exact) mass is 388 g/mol. The quantitative estimate of drug-likeness (QED) is 0.443. The Morgan fingerprint density at radius 2 is 1.21 bits per heavy atom. The van der Waals surface area contributed by atoms with Crippen LogP contribution in [0.5, 0.6) is 0 Å². The molecule has 0 aliphatic rings. The van der Waals surface area contributed by atoms with Crippen molar-refractivity contribution in [2.24, 2.45) is 0 Å². The van der Waals surface area contributed by atoms with Crippen molar-refractivity contribution < 1.29 is 14.2 Å². The third-order valence-corrected chi connectivity index (χ3v) is 4.97. The van der Waals surface area contributed by atoms with E-state index in [0.29, 0.717) is 30.8 Å². The maximum Gasteiger partial charge on any atom is 0.167 e. The fourth-order valence-electron chi connectivity index (χ4n) is 3.65. The molecule has 2 heterocycles. The molecule has 0 atom stereocenters. The molecule has 0 aliphatic heterocycles. The van der Waals surface area contributed by atoms with E-state index >= 15 is 0 Å². The van der Waals surface area contributed by atoms with Gasteiger partial charge < -0.3 is 14.2 Å². The highest BCUT2D eigenvalue weighted by Gasteiger charge is 2.30. The van der Waals surface area contributed by atoms with Crippen molar-refractivity contribution >= 4 is 0 Å². The molecule has 5 nitrogen and oxygen atoms in total. The lowest BCUT2D eigenvalue weighted by Crippen LogP contribution is -2.34. The summed E-state index contributed by atoms with van der Waals surface area (Å²) in [5.74, 6) is 1.40. The highest BCUT2D eigenvalue weighted by atomic mass is 16.5. The highest BCUT2D eigenvalue weighted by molar-refractivity contribution is 5.57. The summed E-state index contributed by atoms with van der Waals surface area (Å²) in [5, 5.41) is 19.7. The predicted octanol–water partition coefficient (Wildman–Crippen LogP) is 5.31. The molecule has 2 aromatic carbocycles. The van der Waals surface area contributed by atoms with Crippen molar-refractivity contribution in [2.75, 3.05) is 0 Å². The summed E-state index contributed by atoms with van der Waals surface area (Å²) >= 11 is 0. The fourth-order valence-corrected chi connectivity index (χ4v) is 3.65. The fraction of sp³-hybridized carbons (Fsp3) is 0.250. The van der Waals surface area contributed by atoms with Crippen LogP contribution in [-0.4, -0.2) is 21.0 Å². The van der Waals surface area contributed by atoms with Gasteiger partial charge in [0.05, 0.1) is 17.0 Å². The Morgan fingerprint density at radius 3 is 1.62 bits per heavy atom. The van der Waals surface area contributed by atoms with Gasteiger partial charge in [-0.15, -0.1) is 0 Å². The van der Waals surface area contributed by atoms with Crippen molar-refractivity contribution in [2.45, 2.75) is 38.2 Å². The van der Waals surface area contributed by atoms with E-state index in [9.17, 15) is 5.11 Å². The van der Waals surface area contributed by atoms with Crippen LogP contribution in [-0.2, 0) is 12.8 Å². The second-order valence-electron chi connectivity index (χ2n) is 7.42. The van der Waals surface area contributed by atoms with Crippen LogP contribution in [0.15, 0.2) is 81.8 Å². The molecule has 4 aromatic rings. The molecule has 5 heteroatoms. The number of hydrogen-bond donors (Lipinski definition) is 1. The largest absolute Gasteiger partial charge is 0.389 e. The van der Waals surface area contributed by atoms with E-state index in [1.54, 1.807) is 0 Å². The van der Waals surface area contributed by atoms with Gasteiger partial charge in [0.25, 0.3) is 0 Å². The number of benzene rings is 2. The Morgan fingerprint density at radius 1 is 0.759 bits per heavy atom. The van der Waals surface area contributed by atoms with Gasteiger partial charge in [-0.2, -0.15) is 0 Å². The van der Waals surface area contributed by atoms with Crippen LogP contribution < -0.4 is 0 Å². The second-order valence-corrected chi connectivity index (χ2v) is 7.42. The number of rotatable bonds is 8. The third kappa shape index (κ3) is 4.63. The van der Waals surface area contributed by atoms with Gasteiger partial charge in [0.1, 0.15) is 0 Å². The number of nitrogens with zero attached hydrogens (tertiary/aromatic N) is 2. The van der Waals surface area contributed by atoms with Gasteiger partial charge in [0, 0.05) is 36.1 Å². The first kappa shape index (κ1) is 19.2. The van der Waals surface area contributed by atoms with Gasteiger partial charge in [0.2, 0.25) is 0 Å². The number of aliphatic hydroxyl groups is 1. The smallest absolute Gasteiger partial charge is 0.167 e. The zero-order valence-corrected chi connectivity index (χ0v) is 16.4. The van der Waals surface area contributed by atoms with Gasteiger partial charge in [-0.1, -0.05) is 84.3 Å². The van der Waals surface area contributed by atoms with Crippen molar-refractivity contribution in [1.82, 2.24) is 10.3 Å². The Kier molecular flexibility index (Phi) is 5.58. The zero-order valence-electron chi connectivity index (χ0n) is 16.4. The molecule has 0 saturated carbocycles. The SMILES string of the molecule is CCCC(O)(Cc1cc(-c2ccccc2)on1)Cc1cc(-c2ccccc2)on1. The topological polar surface area (TPSA) is 72.3 Å². The van der Waals surface area contributed by atoms with Gasteiger partial charge >= 0.3 is 0 Å². The molecule has 0 radical (unpaired) electrons. The summed E-state index contributed by atoms with van der Waals surface area (Å²) in [7, 11) is 0. The van der Waals surface area contributed by atoms with E-state index in [-0.39, 0.29) is 0 Å². The third-order valence-electron chi connectivity index (χ3n) is 4.97. The minimum atomic E-state index is -0.968. The molecule has 148 valence electrons. The Balaban J connectivity index is 1.51. The number of aromatic nitrogens is 2. The second kappa shape index (κ2) is 8.45. The van der Waals surface area contributed by atoms with Crippen molar-refractivity contribution in [3.8, 4) is 22.6 Å². The summed E-state index contributed by atoms with van der Waals surface area (Å²) in [6.07, 6.45) is 2.27. The summed E-state index contributed by atoms with van der Waals surface area (Å²) in [5.41, 5.74) is 2.42. The molecule has 0 fully saturated rings. The average Bonchev–Trinajstić information content (AvgIpc) is 3.39. The molecule has 2 aromatic heterocycles. The van der Waals surface area contributed by atoms with Crippen LogP contribution in [0.4, 0.5) is 0 Å². The minimum absolute atomic E-state index is 0.394. The van der Waals surface area contributed by atoms with Crippen LogP contribution in [0.3, 0.4) is 0 Å². The average molecular weight is 388 g/mol. The lowest BCUT2D eigenvalue weighted by atomic mass is 9.87. The van der Waals surface area contributed by atoms with Crippen LogP contribution in [0.25, 0.3) is 22.6 Å². The Bertz CT molecular complexity index is 958. The molecule has 0 bridgehead atoms. The minimum Gasteiger partial charge on any atom is -0.389 e. The van der Waals surface area contributed by atoms with Gasteiger partial charge in [-0.25, -0.2) is 0 Å². The number of hydrogen-bond acceptors (Lipinski definition) is 5. The van der Waals surface area contributed by atoms with E-state index in [0.717, 1.165) is 28.9 Å². The van der Waals surface area contributed by atoms with Gasteiger partial charge in [0.15, 0.2) is 11.5 Å². The first-order valence-corrected chi connectivity index (χ1v) is 9.90. The molecular formula is C24H24N2O3. The van der Waals surface area contributed by atoms with Crippen molar-refractivity contribution in [1.29, 1.82) is 0 Å². The molecule has 0 unspecified atom stereocenters. The molecule has 1 N–H and O–H groups in total. The molecule has 4 rings (SSSR count). The van der Waals surface area contributed by atoms with E-state index in [2.05, 4.69) is 17.2 Å². The molecule has 0 aliphatic carbocycles. The summed E-state index contributed by atoms with van der Waals surface area (Å²) in [4.78, 5) is 0. The van der Waals surface area contributed by atoms with E-state index in [1.807, 2.05) is 72.8 Å². The van der Waals surface area contributed by atoms with Crippen molar-refractivity contribution in [3.63, 3.8) is 0 Å².